The van der Waals surface area contributed by atoms with Crippen LogP contribution >= 0.6 is 0 Å². The van der Waals surface area contributed by atoms with Crippen molar-refractivity contribution in [2.75, 3.05) is 0 Å². The van der Waals surface area contributed by atoms with Crippen molar-refractivity contribution in [1.29, 1.82) is 0 Å². The maximum Gasteiger partial charge on any atom is 0.217 e. The fourth-order valence-electron chi connectivity index (χ4n) is 1.98. The van der Waals surface area contributed by atoms with Crippen LogP contribution in [0.25, 0.3) is 0 Å². The molecule has 0 saturated heterocycles. The minimum atomic E-state index is -0.211. The van der Waals surface area contributed by atoms with Gasteiger partial charge in [0.05, 0.1) is 0 Å². The second-order valence-electron chi connectivity index (χ2n) is 5.41. The molecule has 0 atom stereocenters. The maximum atomic E-state index is 10.5. The summed E-state index contributed by atoms with van der Waals surface area (Å²) >= 11 is 0. The van der Waals surface area contributed by atoms with Gasteiger partial charge in [0.1, 0.15) is 0 Å². The van der Waals surface area contributed by atoms with Crippen molar-refractivity contribution in [3.05, 3.63) is 48.6 Å². The molecule has 0 rings (SSSR count). The van der Waals surface area contributed by atoms with Crippen LogP contribution in [0.15, 0.2) is 48.6 Å². The molecule has 0 bridgehead atoms. The fourth-order valence-corrected chi connectivity index (χ4v) is 1.98. The van der Waals surface area contributed by atoms with E-state index in [0.717, 1.165) is 32.1 Å². The number of hydrogen-bond donors (Lipinski definition) is 1. The molecular formula is C20H33NO. The van der Waals surface area contributed by atoms with E-state index in [4.69, 9.17) is 5.73 Å². The highest BCUT2D eigenvalue weighted by Gasteiger charge is 1.90. The lowest BCUT2D eigenvalue weighted by Crippen LogP contribution is -2.09. The van der Waals surface area contributed by atoms with Crippen molar-refractivity contribution >= 4 is 5.91 Å². The van der Waals surface area contributed by atoms with Gasteiger partial charge < -0.3 is 5.73 Å². The zero-order valence-corrected chi connectivity index (χ0v) is 14.2. The third kappa shape index (κ3) is 18.4. The standard InChI is InChI=1S/C20H33NO/c1-2-3-4-5-6-7-8-9-10-11-12-13-14-15-16-17-18-19-20(21)22/h3-4,9-10,12-13,15-16H,2,5-8,11,14,17-19H2,1H3,(H2,21,22)/b4-3-,10-9-,13-12-,16-15-. The zero-order chi connectivity index (χ0) is 16.3. The average Bonchev–Trinajstić information content (AvgIpc) is 2.50. The van der Waals surface area contributed by atoms with E-state index in [1.165, 1.54) is 25.7 Å². The third-order valence-electron chi connectivity index (χ3n) is 3.23. The van der Waals surface area contributed by atoms with E-state index in [1.54, 1.807) is 0 Å². The quantitative estimate of drug-likeness (QED) is 0.328. The van der Waals surface area contributed by atoms with Crippen LogP contribution in [0.1, 0.15) is 71.1 Å². The minimum Gasteiger partial charge on any atom is -0.370 e. The Balaban J connectivity index is 3.35. The van der Waals surface area contributed by atoms with E-state index < -0.39 is 0 Å². The predicted octanol–water partition coefficient (Wildman–Crippen LogP) is 5.62. The van der Waals surface area contributed by atoms with Gasteiger partial charge in [-0.05, 0) is 57.8 Å². The first-order chi connectivity index (χ1) is 10.8. The molecule has 2 N–H and O–H groups in total. The molecule has 0 radical (unpaired) electrons. The topological polar surface area (TPSA) is 43.1 Å². The molecule has 0 fully saturated rings. The number of nitrogens with two attached hydrogens (primary N) is 1. The molecule has 0 aromatic carbocycles. The Morgan fingerprint density at radius 2 is 1.18 bits per heavy atom. The van der Waals surface area contributed by atoms with E-state index in [1.807, 2.05) is 0 Å². The molecule has 0 aromatic heterocycles. The Kier molecular flexibility index (Phi) is 16.2. The molecule has 0 unspecified atom stereocenters. The monoisotopic (exact) mass is 303 g/mol. The Morgan fingerprint density at radius 3 is 1.68 bits per heavy atom. The van der Waals surface area contributed by atoms with Crippen molar-refractivity contribution in [3.8, 4) is 0 Å². The average molecular weight is 303 g/mol. The molecule has 2 nitrogen and oxygen atoms in total. The smallest absolute Gasteiger partial charge is 0.217 e. The summed E-state index contributed by atoms with van der Waals surface area (Å²) in [5.41, 5.74) is 5.08. The van der Waals surface area contributed by atoms with Crippen LogP contribution in [0.5, 0.6) is 0 Å². The summed E-state index contributed by atoms with van der Waals surface area (Å²) < 4.78 is 0. The van der Waals surface area contributed by atoms with Gasteiger partial charge >= 0.3 is 0 Å². The van der Waals surface area contributed by atoms with Gasteiger partial charge in [0.2, 0.25) is 5.91 Å². The van der Waals surface area contributed by atoms with Crippen molar-refractivity contribution < 1.29 is 4.79 Å². The molecule has 0 heterocycles. The SMILES string of the molecule is CC/C=C\CCCC/C=C\C/C=C\C/C=C\CCCC(N)=O. The van der Waals surface area contributed by atoms with E-state index in [0.29, 0.717) is 6.42 Å². The van der Waals surface area contributed by atoms with E-state index in [2.05, 4.69) is 55.5 Å². The van der Waals surface area contributed by atoms with Crippen LogP contribution in [0.3, 0.4) is 0 Å². The van der Waals surface area contributed by atoms with Gasteiger partial charge in [0, 0.05) is 6.42 Å². The van der Waals surface area contributed by atoms with Crippen LogP contribution < -0.4 is 5.73 Å². The van der Waals surface area contributed by atoms with Crippen molar-refractivity contribution in [1.82, 2.24) is 0 Å². The highest BCUT2D eigenvalue weighted by atomic mass is 16.1. The summed E-state index contributed by atoms with van der Waals surface area (Å²) in [6.45, 7) is 2.17. The summed E-state index contributed by atoms with van der Waals surface area (Å²) in [7, 11) is 0. The summed E-state index contributed by atoms with van der Waals surface area (Å²) in [5.74, 6) is -0.211. The van der Waals surface area contributed by atoms with Crippen LogP contribution in [0.2, 0.25) is 0 Å². The molecule has 2 heteroatoms. The molecule has 0 aliphatic rings. The summed E-state index contributed by atoms with van der Waals surface area (Å²) in [4.78, 5) is 10.5. The first-order valence-corrected chi connectivity index (χ1v) is 8.65. The highest BCUT2D eigenvalue weighted by Crippen LogP contribution is 2.03. The Morgan fingerprint density at radius 1 is 0.727 bits per heavy atom. The first kappa shape index (κ1) is 20.4. The number of unbranched alkanes of at least 4 members (excludes halogenated alkanes) is 4. The second-order valence-corrected chi connectivity index (χ2v) is 5.41. The van der Waals surface area contributed by atoms with E-state index in [-0.39, 0.29) is 5.91 Å². The van der Waals surface area contributed by atoms with Gasteiger partial charge in [-0.25, -0.2) is 0 Å². The van der Waals surface area contributed by atoms with Crippen LogP contribution in [0.4, 0.5) is 0 Å². The largest absolute Gasteiger partial charge is 0.370 e. The molecule has 124 valence electrons. The van der Waals surface area contributed by atoms with Crippen molar-refractivity contribution in [2.24, 2.45) is 5.73 Å². The van der Waals surface area contributed by atoms with E-state index in [9.17, 15) is 4.79 Å². The summed E-state index contributed by atoms with van der Waals surface area (Å²) in [6.07, 6.45) is 28.1. The molecule has 0 spiro atoms. The zero-order valence-electron chi connectivity index (χ0n) is 14.2. The Labute approximate surface area is 136 Å². The Bertz CT molecular complexity index is 364. The number of rotatable bonds is 14. The lowest BCUT2D eigenvalue weighted by Gasteiger charge is -1.92. The molecular weight excluding hydrogens is 270 g/mol. The van der Waals surface area contributed by atoms with Gasteiger partial charge in [0.25, 0.3) is 0 Å². The Hall–Kier alpha value is -1.57. The second kappa shape index (κ2) is 17.5. The lowest BCUT2D eigenvalue weighted by molar-refractivity contribution is -0.118. The predicted molar refractivity (Wildman–Crippen MR) is 97.6 cm³/mol. The van der Waals surface area contributed by atoms with Gasteiger partial charge in [0.15, 0.2) is 0 Å². The van der Waals surface area contributed by atoms with Crippen LogP contribution in [0, 0.1) is 0 Å². The molecule has 0 aromatic rings. The minimum absolute atomic E-state index is 0.211. The van der Waals surface area contributed by atoms with Gasteiger partial charge in [-0.15, -0.1) is 0 Å². The fraction of sp³-hybridized carbons (Fsp3) is 0.550. The third-order valence-corrected chi connectivity index (χ3v) is 3.23. The number of primary amides is 1. The normalized spacial score (nSPS) is 12.4. The molecule has 22 heavy (non-hydrogen) atoms. The number of hydrogen-bond acceptors (Lipinski definition) is 1. The van der Waals surface area contributed by atoms with Gasteiger partial charge in [-0.2, -0.15) is 0 Å². The van der Waals surface area contributed by atoms with Crippen molar-refractivity contribution in [3.63, 3.8) is 0 Å². The molecule has 0 aliphatic heterocycles. The summed E-state index contributed by atoms with van der Waals surface area (Å²) in [5, 5.41) is 0. The van der Waals surface area contributed by atoms with Crippen molar-refractivity contribution in [2.45, 2.75) is 71.1 Å². The number of allylic oxidation sites excluding steroid dienone is 8. The molecule has 0 saturated carbocycles. The van der Waals surface area contributed by atoms with Gasteiger partial charge in [-0.3, -0.25) is 4.79 Å². The maximum absolute atomic E-state index is 10.5. The number of amides is 1. The van der Waals surface area contributed by atoms with E-state index >= 15 is 0 Å². The van der Waals surface area contributed by atoms with Crippen LogP contribution in [-0.2, 0) is 4.79 Å². The highest BCUT2D eigenvalue weighted by molar-refractivity contribution is 5.73. The number of carbonyl (C=O) groups is 1. The van der Waals surface area contributed by atoms with Gasteiger partial charge in [-0.1, -0.05) is 55.5 Å². The molecule has 1 amide bonds. The summed E-state index contributed by atoms with van der Waals surface area (Å²) in [6, 6.07) is 0. The van der Waals surface area contributed by atoms with Crippen LogP contribution in [-0.4, -0.2) is 5.91 Å². The molecule has 0 aliphatic carbocycles. The lowest BCUT2D eigenvalue weighted by atomic mass is 10.1. The first-order valence-electron chi connectivity index (χ1n) is 8.65. The number of carbonyl (C=O) groups excluding carboxylic acids is 1.